The molecule has 0 bridgehead atoms. The van der Waals surface area contributed by atoms with Crippen molar-refractivity contribution in [3.63, 3.8) is 0 Å². The van der Waals surface area contributed by atoms with Gasteiger partial charge in [0, 0.05) is 47.6 Å². The van der Waals surface area contributed by atoms with Gasteiger partial charge in [-0.05, 0) is 69.9 Å². The maximum atomic E-state index is 14.6. The number of likely N-dealkylation sites (tertiary alicyclic amines) is 1. The van der Waals surface area contributed by atoms with E-state index >= 15 is 0 Å². The molecular formula is C50H56N2O13. The van der Waals surface area contributed by atoms with Crippen LogP contribution in [0, 0.1) is 5.41 Å². The third-order valence-electron chi connectivity index (χ3n) is 11.7. The Balaban J connectivity index is 1.10. The van der Waals surface area contributed by atoms with Crippen LogP contribution in [0.3, 0.4) is 0 Å². The highest BCUT2D eigenvalue weighted by Gasteiger charge is 2.55. The highest BCUT2D eigenvalue weighted by molar-refractivity contribution is 5.98. The SMILES string of the molecule is CC(C)(C)OC(=O)CCC(CO)NC(=O)C1CCCN1C(=O)C1=CC2OC(c3ccccc3)(c3ccccc3)OC2C(OC(=O)c2ccc(C=CC(=O)OC3C(=O)OCC3(C)C)cc2)C1. The summed E-state index contributed by atoms with van der Waals surface area (Å²) < 4.78 is 35.7. The van der Waals surface area contributed by atoms with Gasteiger partial charge in [0.05, 0.1) is 18.2 Å². The molecule has 3 aromatic carbocycles. The van der Waals surface area contributed by atoms with Crippen molar-refractivity contribution >= 4 is 41.8 Å². The minimum atomic E-state index is -1.44. The van der Waals surface area contributed by atoms with Crippen molar-refractivity contribution in [1.29, 1.82) is 0 Å². The molecule has 3 heterocycles. The van der Waals surface area contributed by atoms with Crippen LogP contribution in [0.2, 0.25) is 0 Å². The van der Waals surface area contributed by atoms with Crippen molar-refractivity contribution < 1.29 is 62.3 Å². The van der Waals surface area contributed by atoms with Gasteiger partial charge in [-0.1, -0.05) is 86.6 Å². The Labute approximate surface area is 378 Å². The van der Waals surface area contributed by atoms with Gasteiger partial charge < -0.3 is 43.7 Å². The normalized spacial score (nSPS) is 23.8. The fraction of sp³-hybridized carbons (Fsp3) is 0.440. The maximum absolute atomic E-state index is 14.6. The molecular weight excluding hydrogens is 837 g/mol. The number of aliphatic hydroxyl groups excluding tert-OH is 1. The summed E-state index contributed by atoms with van der Waals surface area (Å²) in [5, 5.41) is 12.9. The number of esters is 4. The van der Waals surface area contributed by atoms with E-state index in [9.17, 15) is 33.9 Å². The van der Waals surface area contributed by atoms with Crippen LogP contribution in [-0.4, -0.2) is 108 Å². The highest BCUT2D eigenvalue weighted by atomic mass is 16.8. The number of aliphatic hydroxyl groups is 1. The van der Waals surface area contributed by atoms with E-state index in [2.05, 4.69) is 5.32 Å². The second kappa shape index (κ2) is 19.5. The number of amides is 2. The minimum Gasteiger partial charge on any atom is -0.462 e. The van der Waals surface area contributed by atoms with Crippen LogP contribution < -0.4 is 5.32 Å². The lowest BCUT2D eigenvalue weighted by atomic mass is 9.90. The molecule has 1 aliphatic carbocycles. The van der Waals surface area contributed by atoms with Gasteiger partial charge >= 0.3 is 23.9 Å². The molecule has 7 rings (SSSR count). The molecule has 0 spiro atoms. The number of carbonyl (C=O) groups is 6. The first-order valence-corrected chi connectivity index (χ1v) is 21.9. The van der Waals surface area contributed by atoms with Crippen LogP contribution in [0.1, 0.15) is 93.8 Å². The topological polar surface area (TPSA) is 193 Å². The van der Waals surface area contributed by atoms with Crippen LogP contribution in [0.4, 0.5) is 0 Å². The average Bonchev–Trinajstić information content (AvgIpc) is 4.01. The molecule has 0 aromatic heterocycles. The Morgan fingerprint density at radius 3 is 2.18 bits per heavy atom. The van der Waals surface area contributed by atoms with Gasteiger partial charge in [0.1, 0.15) is 36.6 Å². The van der Waals surface area contributed by atoms with Crippen LogP contribution >= 0.6 is 0 Å². The third-order valence-corrected chi connectivity index (χ3v) is 11.7. The zero-order valence-electron chi connectivity index (χ0n) is 37.2. The first kappa shape index (κ1) is 46.8. The smallest absolute Gasteiger partial charge is 0.348 e. The van der Waals surface area contributed by atoms with E-state index in [1.165, 1.54) is 29.2 Å². The molecule has 15 nitrogen and oxygen atoms in total. The number of hydrogen-bond donors (Lipinski definition) is 2. The molecule has 0 radical (unpaired) electrons. The second-order valence-electron chi connectivity index (χ2n) is 18.4. The number of rotatable bonds is 14. The van der Waals surface area contributed by atoms with Crippen molar-refractivity contribution in [2.45, 2.75) is 115 Å². The van der Waals surface area contributed by atoms with Gasteiger partial charge in [0.2, 0.25) is 23.7 Å². The number of ether oxygens (including phenoxy) is 6. The molecule has 0 saturated carbocycles. The van der Waals surface area contributed by atoms with Crippen molar-refractivity contribution in [3.05, 3.63) is 125 Å². The van der Waals surface area contributed by atoms with Crippen molar-refractivity contribution in [1.82, 2.24) is 10.2 Å². The van der Waals surface area contributed by atoms with Gasteiger partial charge in [-0.15, -0.1) is 0 Å². The van der Waals surface area contributed by atoms with Crippen LogP contribution in [-0.2, 0) is 58.2 Å². The molecule has 65 heavy (non-hydrogen) atoms. The predicted octanol–water partition coefficient (Wildman–Crippen LogP) is 5.33. The van der Waals surface area contributed by atoms with Crippen molar-refractivity contribution in [2.24, 2.45) is 5.41 Å². The van der Waals surface area contributed by atoms with Gasteiger partial charge in [-0.25, -0.2) is 14.4 Å². The summed E-state index contributed by atoms with van der Waals surface area (Å²) >= 11 is 0. The molecule has 15 heteroatoms. The molecule has 344 valence electrons. The molecule has 3 saturated heterocycles. The zero-order valence-corrected chi connectivity index (χ0v) is 37.2. The third kappa shape index (κ3) is 10.9. The molecule has 6 atom stereocenters. The van der Waals surface area contributed by atoms with Crippen molar-refractivity contribution in [2.75, 3.05) is 19.8 Å². The maximum Gasteiger partial charge on any atom is 0.348 e. The lowest BCUT2D eigenvalue weighted by Crippen LogP contribution is -2.51. The summed E-state index contributed by atoms with van der Waals surface area (Å²) in [4.78, 5) is 80.8. The fourth-order valence-electron chi connectivity index (χ4n) is 8.43. The molecule has 6 unspecified atom stereocenters. The zero-order chi connectivity index (χ0) is 46.5. The summed E-state index contributed by atoms with van der Waals surface area (Å²) in [7, 11) is 0. The Morgan fingerprint density at radius 1 is 0.923 bits per heavy atom. The number of cyclic esters (lactones) is 1. The summed E-state index contributed by atoms with van der Waals surface area (Å²) in [6.07, 6.45) is 1.61. The average molecular weight is 893 g/mol. The van der Waals surface area contributed by atoms with Gasteiger partial charge in [-0.2, -0.15) is 0 Å². The monoisotopic (exact) mass is 892 g/mol. The number of hydrogen-bond acceptors (Lipinski definition) is 13. The summed E-state index contributed by atoms with van der Waals surface area (Å²) in [6.45, 7) is 8.84. The van der Waals surface area contributed by atoms with E-state index < -0.39 is 95.6 Å². The van der Waals surface area contributed by atoms with Gasteiger partial charge in [0.15, 0.2) is 0 Å². The molecule has 3 fully saturated rings. The number of carbonyl (C=O) groups excluding carboxylic acids is 6. The number of nitrogens with one attached hydrogen (secondary N) is 1. The van der Waals surface area contributed by atoms with Gasteiger partial charge in [0.25, 0.3) is 0 Å². The minimum absolute atomic E-state index is 0.0155. The first-order chi connectivity index (χ1) is 31.0. The Morgan fingerprint density at radius 2 is 1.58 bits per heavy atom. The molecule has 3 aliphatic heterocycles. The van der Waals surface area contributed by atoms with Gasteiger partial charge in [-0.3, -0.25) is 14.4 Å². The lowest BCUT2D eigenvalue weighted by Gasteiger charge is -2.33. The highest BCUT2D eigenvalue weighted by Crippen LogP contribution is 2.47. The van der Waals surface area contributed by atoms with E-state index in [1.807, 2.05) is 60.7 Å². The molecule has 2 N–H and O–H groups in total. The quantitative estimate of drug-likeness (QED) is 0.120. The second-order valence-corrected chi connectivity index (χ2v) is 18.4. The Kier molecular flexibility index (Phi) is 14.1. The van der Waals surface area contributed by atoms with Crippen LogP contribution in [0.25, 0.3) is 6.08 Å². The number of benzene rings is 3. The van der Waals surface area contributed by atoms with E-state index in [0.717, 1.165) is 0 Å². The van der Waals surface area contributed by atoms with E-state index in [-0.39, 0.29) is 43.6 Å². The Hall–Kier alpha value is -6.16. The molecule has 2 amide bonds. The predicted molar refractivity (Wildman–Crippen MR) is 234 cm³/mol. The summed E-state index contributed by atoms with van der Waals surface area (Å²) in [5.74, 6) is -4.79. The Bertz CT molecular complexity index is 2260. The van der Waals surface area contributed by atoms with Crippen LogP contribution in [0.5, 0.6) is 0 Å². The molecule has 4 aliphatic rings. The number of nitrogens with zero attached hydrogens (tertiary/aromatic N) is 1. The summed E-state index contributed by atoms with van der Waals surface area (Å²) in [5.41, 5.74) is 1.08. The van der Waals surface area contributed by atoms with E-state index in [4.69, 9.17) is 28.4 Å². The standard InChI is InChI=1S/C50H56N2O13/c1-48(2,3)64-41(55)25-23-36(29-53)51-44(56)37-17-12-26-52(37)45(57)33-27-38(42-39(28-33)63-50(65-42,34-13-8-6-9-14-34)35-15-10-7-11-16-35)61-46(58)32-21-18-31(19-22-32)20-24-40(54)62-43-47(59)60-30-49(43,4)5/h6-11,13-16,18-22,24,28,36-39,42-43,53H,12,17,23,25-27,29-30H2,1-5H3,(H,51,56). The van der Waals surface area contributed by atoms with Crippen molar-refractivity contribution in [3.8, 4) is 0 Å². The fourth-order valence-corrected chi connectivity index (χ4v) is 8.43. The lowest BCUT2D eigenvalue weighted by molar-refractivity contribution is -0.159. The largest absolute Gasteiger partial charge is 0.462 e. The van der Waals surface area contributed by atoms with Crippen LogP contribution in [0.15, 0.2) is 103 Å². The first-order valence-electron chi connectivity index (χ1n) is 21.9. The molecule has 3 aromatic rings. The number of fused-ring (bicyclic) bond motifs is 1. The van der Waals surface area contributed by atoms with E-state index in [1.54, 1.807) is 52.8 Å². The van der Waals surface area contributed by atoms with E-state index in [0.29, 0.717) is 29.5 Å². The summed E-state index contributed by atoms with van der Waals surface area (Å²) in [6, 6.07) is 23.4.